The van der Waals surface area contributed by atoms with Gasteiger partial charge in [-0.15, -0.1) is 0 Å². The third kappa shape index (κ3) is 4.17. The van der Waals surface area contributed by atoms with E-state index in [4.69, 9.17) is 14.2 Å². The zero-order valence-corrected chi connectivity index (χ0v) is 17.6. The van der Waals surface area contributed by atoms with Gasteiger partial charge in [-0.2, -0.15) is 0 Å². The molecule has 8 nitrogen and oxygen atoms in total. The summed E-state index contributed by atoms with van der Waals surface area (Å²) >= 11 is 0. The Bertz CT molecular complexity index is 1080. The lowest BCUT2D eigenvalue weighted by Crippen LogP contribution is -2.42. The van der Waals surface area contributed by atoms with Gasteiger partial charge in [-0.1, -0.05) is 11.6 Å². The molecule has 1 heterocycles. The number of rotatable bonds is 6. The van der Waals surface area contributed by atoms with Gasteiger partial charge in [-0.05, 0) is 43.7 Å². The third-order valence-corrected chi connectivity index (χ3v) is 4.85. The molecule has 0 aliphatic heterocycles. The summed E-state index contributed by atoms with van der Waals surface area (Å²) in [4.78, 5) is 28.3. The number of aromatic nitrogens is 1. The minimum atomic E-state index is -0.505. The number of aryl methyl sites for hydroxylation is 2. The minimum Gasteiger partial charge on any atom is -0.493 e. The van der Waals surface area contributed by atoms with Gasteiger partial charge in [-0.3, -0.25) is 20.4 Å². The van der Waals surface area contributed by atoms with Crippen LogP contribution >= 0.6 is 0 Å². The lowest BCUT2D eigenvalue weighted by molar-refractivity contribution is -0.121. The lowest BCUT2D eigenvalue weighted by atomic mass is 10.1. The first-order chi connectivity index (χ1) is 14.4. The maximum absolute atomic E-state index is 12.5. The number of amides is 2. The van der Waals surface area contributed by atoms with Crippen molar-refractivity contribution in [2.24, 2.45) is 0 Å². The number of H-pyrrole nitrogens is 1. The van der Waals surface area contributed by atoms with Crippen LogP contribution in [0.3, 0.4) is 0 Å². The molecule has 0 aliphatic carbocycles. The molecule has 0 bridgehead atoms. The molecule has 0 saturated heterocycles. The van der Waals surface area contributed by atoms with E-state index >= 15 is 0 Å². The lowest BCUT2D eigenvalue weighted by Gasteiger charge is -2.14. The van der Waals surface area contributed by atoms with Crippen LogP contribution in [0.15, 0.2) is 30.3 Å². The van der Waals surface area contributed by atoms with Crippen LogP contribution in [0.25, 0.3) is 10.9 Å². The van der Waals surface area contributed by atoms with Crippen molar-refractivity contribution in [2.75, 3.05) is 21.3 Å². The highest BCUT2D eigenvalue weighted by atomic mass is 16.5. The first-order valence-electron chi connectivity index (χ1n) is 9.35. The summed E-state index contributed by atoms with van der Waals surface area (Å²) in [5, 5.41) is 0.999. The van der Waals surface area contributed by atoms with Crippen molar-refractivity contribution in [2.45, 2.75) is 20.3 Å². The number of nitrogens with one attached hydrogen (secondary N) is 3. The van der Waals surface area contributed by atoms with E-state index in [9.17, 15) is 9.59 Å². The predicted octanol–water partition coefficient (Wildman–Crippen LogP) is 2.81. The van der Waals surface area contributed by atoms with Gasteiger partial charge in [0.15, 0.2) is 11.5 Å². The van der Waals surface area contributed by atoms with Crippen molar-refractivity contribution in [1.82, 2.24) is 15.8 Å². The molecule has 3 aromatic rings. The fourth-order valence-electron chi connectivity index (χ4n) is 3.34. The molecule has 0 fully saturated rings. The summed E-state index contributed by atoms with van der Waals surface area (Å²) in [7, 11) is 4.41. The van der Waals surface area contributed by atoms with Crippen molar-refractivity contribution < 1.29 is 23.8 Å². The van der Waals surface area contributed by atoms with E-state index in [-0.39, 0.29) is 17.9 Å². The second kappa shape index (κ2) is 8.77. The Kier molecular flexibility index (Phi) is 6.15. The molecule has 30 heavy (non-hydrogen) atoms. The molecule has 0 spiro atoms. The van der Waals surface area contributed by atoms with Gasteiger partial charge in [0, 0.05) is 22.2 Å². The first-order valence-corrected chi connectivity index (χ1v) is 9.35. The van der Waals surface area contributed by atoms with Crippen molar-refractivity contribution in [1.29, 1.82) is 0 Å². The van der Waals surface area contributed by atoms with Gasteiger partial charge in [0.1, 0.15) is 0 Å². The van der Waals surface area contributed by atoms with E-state index in [1.54, 1.807) is 0 Å². The van der Waals surface area contributed by atoms with Crippen molar-refractivity contribution in [3.05, 3.63) is 52.7 Å². The van der Waals surface area contributed by atoms with Gasteiger partial charge in [0.25, 0.3) is 5.91 Å². The van der Waals surface area contributed by atoms with Crippen LogP contribution in [-0.4, -0.2) is 38.1 Å². The monoisotopic (exact) mass is 411 g/mol. The number of ether oxygens (including phenoxy) is 3. The molecule has 2 amide bonds. The quantitative estimate of drug-likeness (QED) is 0.542. The van der Waals surface area contributed by atoms with Gasteiger partial charge in [0.05, 0.1) is 27.8 Å². The number of carbonyl (C=O) groups excluding carboxylic acids is 2. The Hall–Kier alpha value is -3.68. The molecule has 0 unspecified atom stereocenters. The third-order valence-electron chi connectivity index (χ3n) is 4.85. The number of hydrogen-bond acceptors (Lipinski definition) is 5. The molecule has 0 radical (unpaired) electrons. The van der Waals surface area contributed by atoms with Gasteiger partial charge >= 0.3 is 0 Å². The summed E-state index contributed by atoms with van der Waals surface area (Å²) in [6, 6.07) is 9.06. The minimum absolute atomic E-state index is 0.130. The van der Waals surface area contributed by atoms with Crippen LogP contribution in [0.4, 0.5) is 0 Å². The van der Waals surface area contributed by atoms with Crippen LogP contribution < -0.4 is 25.1 Å². The van der Waals surface area contributed by atoms with Gasteiger partial charge in [-0.25, -0.2) is 0 Å². The molecule has 3 rings (SSSR count). The molecule has 2 aromatic carbocycles. The Morgan fingerprint density at radius 1 is 0.933 bits per heavy atom. The molecule has 3 N–H and O–H groups in total. The van der Waals surface area contributed by atoms with Crippen LogP contribution in [0.2, 0.25) is 0 Å². The number of methoxy groups -OCH3 is 3. The Morgan fingerprint density at radius 2 is 1.60 bits per heavy atom. The SMILES string of the molecule is COc1cc(C(=O)NNC(=O)Cc2c(C)[nH]c3ccc(C)cc23)cc(OC)c1OC. The van der Waals surface area contributed by atoms with E-state index < -0.39 is 5.91 Å². The molecule has 0 saturated carbocycles. The van der Waals surface area contributed by atoms with Crippen LogP contribution in [0, 0.1) is 13.8 Å². The van der Waals surface area contributed by atoms with Crippen molar-refractivity contribution in [3.8, 4) is 17.2 Å². The number of benzene rings is 2. The Balaban J connectivity index is 1.72. The molecule has 0 aliphatic rings. The average Bonchev–Trinajstić information content (AvgIpc) is 3.05. The van der Waals surface area contributed by atoms with Crippen molar-refractivity contribution in [3.63, 3.8) is 0 Å². The summed E-state index contributed by atoms with van der Waals surface area (Å²) in [5.74, 6) is 0.234. The number of hydrogen-bond donors (Lipinski definition) is 3. The van der Waals surface area contributed by atoms with Crippen LogP contribution in [0.1, 0.15) is 27.2 Å². The van der Waals surface area contributed by atoms with Crippen LogP contribution in [-0.2, 0) is 11.2 Å². The molecule has 1 aromatic heterocycles. The number of aromatic amines is 1. The number of carbonyl (C=O) groups is 2. The number of fused-ring (bicyclic) bond motifs is 1. The highest BCUT2D eigenvalue weighted by Crippen LogP contribution is 2.38. The summed E-state index contributed by atoms with van der Waals surface area (Å²) in [6.45, 7) is 3.93. The zero-order chi connectivity index (χ0) is 21.8. The highest BCUT2D eigenvalue weighted by Gasteiger charge is 2.18. The fraction of sp³-hybridized carbons (Fsp3) is 0.273. The van der Waals surface area contributed by atoms with E-state index in [0.717, 1.165) is 27.7 Å². The summed E-state index contributed by atoms with van der Waals surface area (Å²) in [5.41, 5.74) is 9.05. The van der Waals surface area contributed by atoms with Crippen molar-refractivity contribution >= 4 is 22.7 Å². The Morgan fingerprint density at radius 3 is 2.20 bits per heavy atom. The summed E-state index contributed by atoms with van der Waals surface area (Å²) < 4.78 is 15.8. The summed E-state index contributed by atoms with van der Waals surface area (Å²) in [6.07, 6.45) is 0.130. The standard InChI is InChI=1S/C22H25N3O5/c1-12-6-7-17-16(8-12)15(13(2)23-17)11-20(26)24-25-22(27)14-9-18(28-3)21(30-5)19(10-14)29-4/h6-10,23H,11H2,1-5H3,(H,24,26)(H,25,27). The Labute approximate surface area is 174 Å². The van der Waals surface area contributed by atoms with E-state index in [0.29, 0.717) is 17.2 Å². The van der Waals surface area contributed by atoms with Gasteiger partial charge < -0.3 is 19.2 Å². The molecule has 0 atom stereocenters. The maximum atomic E-state index is 12.5. The predicted molar refractivity (Wildman–Crippen MR) is 113 cm³/mol. The zero-order valence-electron chi connectivity index (χ0n) is 17.6. The van der Waals surface area contributed by atoms with E-state index in [1.165, 1.54) is 33.5 Å². The first kappa shape index (κ1) is 21.0. The molecule has 8 heteroatoms. The number of hydrazine groups is 1. The largest absolute Gasteiger partial charge is 0.493 e. The molecule has 158 valence electrons. The normalized spacial score (nSPS) is 10.6. The average molecular weight is 411 g/mol. The maximum Gasteiger partial charge on any atom is 0.269 e. The topological polar surface area (TPSA) is 102 Å². The fourth-order valence-corrected chi connectivity index (χ4v) is 3.34. The molecular weight excluding hydrogens is 386 g/mol. The second-order valence-electron chi connectivity index (χ2n) is 6.87. The highest BCUT2D eigenvalue weighted by molar-refractivity contribution is 5.97. The van der Waals surface area contributed by atoms with Gasteiger partial charge in [0.2, 0.25) is 11.7 Å². The van der Waals surface area contributed by atoms with Crippen LogP contribution in [0.5, 0.6) is 17.2 Å². The molecular formula is C22H25N3O5. The van der Waals surface area contributed by atoms with E-state index in [2.05, 4.69) is 15.8 Å². The second-order valence-corrected chi connectivity index (χ2v) is 6.87. The smallest absolute Gasteiger partial charge is 0.269 e. The van der Waals surface area contributed by atoms with E-state index in [1.807, 2.05) is 32.0 Å².